The zero-order valence-electron chi connectivity index (χ0n) is 14.7. The van der Waals surface area contributed by atoms with Crippen LogP contribution in [-0.4, -0.2) is 31.2 Å². The van der Waals surface area contributed by atoms with Gasteiger partial charge in [0.15, 0.2) is 0 Å². The van der Waals surface area contributed by atoms with E-state index < -0.39 is 11.8 Å². The minimum absolute atomic E-state index is 0.318. The third-order valence-corrected chi connectivity index (χ3v) is 3.68. The summed E-state index contributed by atoms with van der Waals surface area (Å²) >= 11 is 5.96. The van der Waals surface area contributed by atoms with Crippen LogP contribution in [0, 0.1) is 0 Å². The fourth-order valence-electron chi connectivity index (χ4n) is 2.16. The highest BCUT2D eigenvalue weighted by atomic mass is 35.5. The monoisotopic (exact) mass is 385 g/mol. The summed E-state index contributed by atoms with van der Waals surface area (Å²) in [7, 11) is 0. The Labute approximate surface area is 162 Å². The molecule has 2 rings (SSSR count). The molecule has 0 radical (unpaired) electrons. The van der Waals surface area contributed by atoms with Crippen LogP contribution in [0.4, 0.5) is 0 Å². The molecule has 0 aliphatic carbocycles. The van der Waals surface area contributed by atoms with E-state index >= 15 is 0 Å². The Morgan fingerprint density at radius 1 is 1.15 bits per heavy atom. The van der Waals surface area contributed by atoms with E-state index in [1.807, 2.05) is 30.3 Å². The molecule has 0 aromatic heterocycles. The van der Waals surface area contributed by atoms with E-state index in [4.69, 9.17) is 16.3 Å². The SMILES string of the molecule is C=CCOc1ccc(Cl)cc1/C=N\NC(=O)C(=O)NCCc1ccccc1. The Bertz CT molecular complexity index is 822. The summed E-state index contributed by atoms with van der Waals surface area (Å²) in [4.78, 5) is 23.6. The largest absolute Gasteiger partial charge is 0.489 e. The molecule has 27 heavy (non-hydrogen) atoms. The molecule has 0 fully saturated rings. The minimum atomic E-state index is -0.852. The zero-order chi connectivity index (χ0) is 19.5. The predicted octanol–water partition coefficient (Wildman–Crippen LogP) is 2.71. The van der Waals surface area contributed by atoms with Crippen molar-refractivity contribution in [2.45, 2.75) is 6.42 Å². The Kier molecular flexibility index (Phi) is 8.06. The smallest absolute Gasteiger partial charge is 0.329 e. The van der Waals surface area contributed by atoms with Crippen LogP contribution in [0.2, 0.25) is 5.02 Å². The topological polar surface area (TPSA) is 79.8 Å². The molecular formula is C20H20ClN3O3. The fraction of sp³-hybridized carbons (Fsp3) is 0.150. The first kappa shape index (κ1) is 20.2. The third kappa shape index (κ3) is 6.95. The highest BCUT2D eigenvalue weighted by molar-refractivity contribution is 6.35. The summed E-state index contributed by atoms with van der Waals surface area (Å²) < 4.78 is 5.48. The van der Waals surface area contributed by atoms with Crippen LogP contribution in [0.15, 0.2) is 66.3 Å². The number of carbonyl (C=O) groups is 2. The van der Waals surface area contributed by atoms with Crippen molar-refractivity contribution in [3.8, 4) is 5.75 Å². The van der Waals surface area contributed by atoms with Gasteiger partial charge in [0, 0.05) is 17.1 Å². The number of hydrazone groups is 1. The number of hydrogen-bond acceptors (Lipinski definition) is 4. The maximum Gasteiger partial charge on any atom is 0.329 e. The molecule has 0 spiro atoms. The maximum atomic E-state index is 11.8. The molecule has 2 N–H and O–H groups in total. The Morgan fingerprint density at radius 2 is 1.93 bits per heavy atom. The van der Waals surface area contributed by atoms with Gasteiger partial charge in [0.2, 0.25) is 0 Å². The van der Waals surface area contributed by atoms with E-state index in [0.717, 1.165) is 5.56 Å². The number of rotatable bonds is 8. The van der Waals surface area contributed by atoms with E-state index in [9.17, 15) is 9.59 Å². The standard InChI is InChI=1S/C20H20ClN3O3/c1-2-12-27-18-9-8-17(21)13-16(18)14-23-24-20(26)19(25)22-11-10-15-6-4-3-5-7-15/h2-9,13-14H,1,10-12H2,(H,22,25)(H,24,26)/b23-14-. The van der Waals surface area contributed by atoms with Gasteiger partial charge in [-0.1, -0.05) is 54.6 Å². The number of nitrogens with one attached hydrogen (secondary N) is 2. The van der Waals surface area contributed by atoms with Crippen LogP contribution in [0.3, 0.4) is 0 Å². The van der Waals surface area contributed by atoms with Crippen LogP contribution in [0.5, 0.6) is 5.75 Å². The number of carbonyl (C=O) groups excluding carboxylic acids is 2. The first-order valence-electron chi connectivity index (χ1n) is 8.28. The second kappa shape index (κ2) is 10.8. The summed E-state index contributed by atoms with van der Waals surface area (Å²) in [5.41, 5.74) is 3.82. The van der Waals surface area contributed by atoms with E-state index in [1.54, 1.807) is 24.3 Å². The van der Waals surface area contributed by atoms with E-state index in [2.05, 4.69) is 22.4 Å². The second-order valence-electron chi connectivity index (χ2n) is 5.47. The molecule has 0 saturated carbocycles. The molecule has 0 bridgehead atoms. The van der Waals surface area contributed by atoms with Gasteiger partial charge in [0.25, 0.3) is 0 Å². The number of ether oxygens (including phenoxy) is 1. The summed E-state index contributed by atoms with van der Waals surface area (Å²) in [6, 6.07) is 14.7. The fourth-order valence-corrected chi connectivity index (χ4v) is 2.34. The molecule has 2 amide bonds. The average Bonchev–Trinajstić information content (AvgIpc) is 2.68. The number of nitrogens with zero attached hydrogens (tertiary/aromatic N) is 1. The van der Waals surface area contributed by atoms with Crippen LogP contribution >= 0.6 is 11.6 Å². The van der Waals surface area contributed by atoms with Crippen LogP contribution in [0.1, 0.15) is 11.1 Å². The quantitative estimate of drug-likeness (QED) is 0.317. The van der Waals surface area contributed by atoms with Crippen molar-refractivity contribution < 1.29 is 14.3 Å². The maximum absolute atomic E-state index is 11.8. The summed E-state index contributed by atoms with van der Waals surface area (Å²) in [5, 5.41) is 6.83. The molecule has 2 aromatic rings. The summed E-state index contributed by atoms with van der Waals surface area (Å²) in [6.07, 6.45) is 3.60. The van der Waals surface area contributed by atoms with Gasteiger partial charge in [-0.25, -0.2) is 5.43 Å². The first-order valence-corrected chi connectivity index (χ1v) is 8.66. The van der Waals surface area contributed by atoms with Gasteiger partial charge in [0.05, 0.1) is 6.21 Å². The van der Waals surface area contributed by atoms with Gasteiger partial charge >= 0.3 is 11.8 Å². The van der Waals surface area contributed by atoms with Gasteiger partial charge in [-0.2, -0.15) is 5.10 Å². The van der Waals surface area contributed by atoms with Crippen LogP contribution < -0.4 is 15.5 Å². The van der Waals surface area contributed by atoms with Crippen molar-refractivity contribution >= 4 is 29.6 Å². The van der Waals surface area contributed by atoms with Crippen molar-refractivity contribution in [2.75, 3.05) is 13.2 Å². The molecule has 140 valence electrons. The molecular weight excluding hydrogens is 366 g/mol. The highest BCUT2D eigenvalue weighted by Gasteiger charge is 2.11. The lowest BCUT2D eigenvalue weighted by atomic mass is 10.1. The molecule has 0 saturated heterocycles. The second-order valence-corrected chi connectivity index (χ2v) is 5.91. The van der Waals surface area contributed by atoms with Crippen molar-refractivity contribution in [1.82, 2.24) is 10.7 Å². The predicted molar refractivity (Wildman–Crippen MR) is 106 cm³/mol. The summed E-state index contributed by atoms with van der Waals surface area (Å²) in [6.45, 7) is 4.26. The zero-order valence-corrected chi connectivity index (χ0v) is 15.4. The van der Waals surface area contributed by atoms with E-state index in [-0.39, 0.29) is 0 Å². The molecule has 2 aromatic carbocycles. The first-order chi connectivity index (χ1) is 13.1. The molecule has 6 nitrogen and oxygen atoms in total. The average molecular weight is 386 g/mol. The number of benzene rings is 2. The number of halogens is 1. The normalized spacial score (nSPS) is 10.4. The van der Waals surface area contributed by atoms with Gasteiger partial charge in [-0.05, 0) is 30.2 Å². The lowest BCUT2D eigenvalue weighted by molar-refractivity contribution is -0.139. The van der Waals surface area contributed by atoms with Crippen molar-refractivity contribution in [3.05, 3.63) is 77.3 Å². The molecule has 7 heteroatoms. The van der Waals surface area contributed by atoms with Gasteiger partial charge in [-0.3, -0.25) is 9.59 Å². The molecule has 0 atom stereocenters. The van der Waals surface area contributed by atoms with Crippen LogP contribution in [0.25, 0.3) is 0 Å². The van der Waals surface area contributed by atoms with Gasteiger partial charge in [-0.15, -0.1) is 0 Å². The molecule has 0 heterocycles. The van der Waals surface area contributed by atoms with Crippen molar-refractivity contribution in [1.29, 1.82) is 0 Å². The summed E-state index contributed by atoms with van der Waals surface area (Å²) in [5.74, 6) is -1.07. The molecule has 0 aliphatic heterocycles. The molecule has 0 aliphatic rings. The van der Waals surface area contributed by atoms with E-state index in [0.29, 0.717) is 35.9 Å². The van der Waals surface area contributed by atoms with Gasteiger partial charge < -0.3 is 10.1 Å². The number of hydrogen-bond donors (Lipinski definition) is 2. The van der Waals surface area contributed by atoms with E-state index in [1.165, 1.54) is 6.21 Å². The third-order valence-electron chi connectivity index (χ3n) is 3.45. The Balaban J connectivity index is 1.84. The minimum Gasteiger partial charge on any atom is -0.489 e. The van der Waals surface area contributed by atoms with Crippen molar-refractivity contribution in [2.24, 2.45) is 5.10 Å². The van der Waals surface area contributed by atoms with Gasteiger partial charge in [0.1, 0.15) is 12.4 Å². The Hall–Kier alpha value is -3.12. The molecule has 0 unspecified atom stereocenters. The number of amides is 2. The van der Waals surface area contributed by atoms with Crippen molar-refractivity contribution in [3.63, 3.8) is 0 Å². The lowest BCUT2D eigenvalue weighted by Gasteiger charge is -2.07. The van der Waals surface area contributed by atoms with Crippen LogP contribution in [-0.2, 0) is 16.0 Å². The highest BCUT2D eigenvalue weighted by Crippen LogP contribution is 2.21. The Morgan fingerprint density at radius 3 is 2.67 bits per heavy atom. The lowest BCUT2D eigenvalue weighted by Crippen LogP contribution is -2.38.